The summed E-state index contributed by atoms with van der Waals surface area (Å²) in [6.07, 6.45) is 4.83. The number of hydrogen-bond acceptors (Lipinski definition) is 5. The predicted octanol–water partition coefficient (Wildman–Crippen LogP) is 2.03. The zero-order chi connectivity index (χ0) is 16.1. The van der Waals surface area contributed by atoms with E-state index in [1.165, 1.54) is 6.08 Å². The molecule has 2 aromatic rings. The molecule has 6 heteroatoms. The maximum absolute atomic E-state index is 12.1. The van der Waals surface area contributed by atoms with Crippen molar-refractivity contribution in [2.24, 2.45) is 0 Å². The Hall–Kier alpha value is -3.33. The molecule has 0 radical (unpaired) electrons. The van der Waals surface area contributed by atoms with Crippen LogP contribution in [0, 0.1) is 11.3 Å². The molecule has 1 aliphatic rings. The van der Waals surface area contributed by atoms with E-state index in [0.29, 0.717) is 23.6 Å². The molecule has 1 aromatic carbocycles. The predicted molar refractivity (Wildman–Crippen MR) is 82.2 cm³/mol. The molecule has 0 fully saturated rings. The number of nitriles is 1. The Kier molecular flexibility index (Phi) is 4.20. The fraction of sp³-hybridized carbons (Fsp3) is 0.118. The van der Waals surface area contributed by atoms with E-state index in [2.05, 4.69) is 10.3 Å². The molecule has 0 unspecified atom stereocenters. The highest BCUT2D eigenvalue weighted by atomic mass is 16.7. The average Bonchev–Trinajstić information content (AvgIpc) is 3.06. The van der Waals surface area contributed by atoms with E-state index >= 15 is 0 Å². The standard InChI is InChI=1S/C17H13N3O3/c18-8-14(17(21)20-10-13-2-1-5-19-9-13)6-12-3-4-15-16(7-12)23-11-22-15/h1-7,9H,10-11H2,(H,20,21)/b14-6-. The van der Waals surface area contributed by atoms with Crippen molar-refractivity contribution in [1.29, 1.82) is 5.26 Å². The number of nitrogens with zero attached hydrogens (tertiary/aromatic N) is 2. The van der Waals surface area contributed by atoms with E-state index in [4.69, 9.17) is 9.47 Å². The van der Waals surface area contributed by atoms with Crippen molar-refractivity contribution in [2.75, 3.05) is 6.79 Å². The quantitative estimate of drug-likeness (QED) is 0.690. The number of fused-ring (bicyclic) bond motifs is 1. The average molecular weight is 307 g/mol. The van der Waals surface area contributed by atoms with Crippen molar-refractivity contribution < 1.29 is 14.3 Å². The first-order valence-corrected chi connectivity index (χ1v) is 6.95. The van der Waals surface area contributed by atoms with Crippen molar-refractivity contribution >= 4 is 12.0 Å². The molecule has 0 spiro atoms. The molecule has 0 saturated carbocycles. The zero-order valence-corrected chi connectivity index (χ0v) is 12.2. The normalized spacial score (nSPS) is 12.6. The minimum absolute atomic E-state index is 0.0211. The van der Waals surface area contributed by atoms with Gasteiger partial charge in [-0.15, -0.1) is 0 Å². The molecule has 0 bridgehead atoms. The summed E-state index contributed by atoms with van der Waals surface area (Å²) in [5.74, 6) is 0.822. The minimum atomic E-state index is -0.436. The number of hydrogen-bond donors (Lipinski definition) is 1. The zero-order valence-electron chi connectivity index (χ0n) is 12.2. The molecule has 3 rings (SSSR count). The Morgan fingerprint density at radius 1 is 1.35 bits per heavy atom. The summed E-state index contributed by atoms with van der Waals surface area (Å²) in [4.78, 5) is 16.1. The molecule has 0 aliphatic carbocycles. The number of aromatic nitrogens is 1. The van der Waals surface area contributed by atoms with Gasteiger partial charge in [0.25, 0.3) is 5.91 Å². The lowest BCUT2D eigenvalue weighted by Gasteiger charge is -2.04. The fourth-order valence-corrected chi connectivity index (χ4v) is 2.10. The molecule has 1 aliphatic heterocycles. The molecule has 6 nitrogen and oxygen atoms in total. The molecular weight excluding hydrogens is 294 g/mol. The third-order valence-electron chi connectivity index (χ3n) is 3.25. The van der Waals surface area contributed by atoms with Crippen molar-refractivity contribution in [2.45, 2.75) is 6.54 Å². The first-order chi connectivity index (χ1) is 11.3. The Morgan fingerprint density at radius 3 is 3.00 bits per heavy atom. The summed E-state index contributed by atoms with van der Waals surface area (Å²) in [6.45, 7) is 0.492. The number of carbonyl (C=O) groups is 1. The second-order valence-corrected chi connectivity index (χ2v) is 4.83. The van der Waals surface area contributed by atoms with E-state index in [9.17, 15) is 10.1 Å². The molecule has 0 atom stereocenters. The molecule has 114 valence electrons. The van der Waals surface area contributed by atoms with Gasteiger partial charge in [0.2, 0.25) is 6.79 Å². The van der Waals surface area contributed by atoms with E-state index in [1.807, 2.05) is 12.1 Å². The lowest BCUT2D eigenvalue weighted by atomic mass is 10.1. The van der Waals surface area contributed by atoms with Crippen molar-refractivity contribution in [3.8, 4) is 17.6 Å². The second-order valence-electron chi connectivity index (χ2n) is 4.83. The monoisotopic (exact) mass is 307 g/mol. The van der Waals surface area contributed by atoms with Crippen LogP contribution in [-0.2, 0) is 11.3 Å². The van der Waals surface area contributed by atoms with Crippen LogP contribution in [0.3, 0.4) is 0 Å². The number of nitrogens with one attached hydrogen (secondary N) is 1. The molecule has 1 aromatic heterocycles. The number of ether oxygens (including phenoxy) is 2. The summed E-state index contributed by atoms with van der Waals surface area (Å²) < 4.78 is 10.5. The van der Waals surface area contributed by atoms with Crippen LogP contribution in [0.15, 0.2) is 48.3 Å². The number of benzene rings is 1. The van der Waals surface area contributed by atoms with Crippen molar-refractivity contribution in [1.82, 2.24) is 10.3 Å². The summed E-state index contributed by atoms with van der Waals surface area (Å²) in [5, 5.41) is 11.9. The number of amides is 1. The van der Waals surface area contributed by atoms with Gasteiger partial charge in [-0.2, -0.15) is 5.26 Å². The van der Waals surface area contributed by atoms with E-state index in [1.54, 1.807) is 36.7 Å². The van der Waals surface area contributed by atoms with Gasteiger partial charge >= 0.3 is 0 Å². The fourth-order valence-electron chi connectivity index (χ4n) is 2.10. The molecular formula is C17H13N3O3. The van der Waals surface area contributed by atoms with Crippen LogP contribution in [0.1, 0.15) is 11.1 Å². The van der Waals surface area contributed by atoms with Gasteiger partial charge in [-0.1, -0.05) is 12.1 Å². The van der Waals surface area contributed by atoms with Gasteiger partial charge in [0.05, 0.1) is 0 Å². The number of carbonyl (C=O) groups excluding carboxylic acids is 1. The summed E-state index contributed by atoms with van der Waals surface area (Å²) in [7, 11) is 0. The Balaban J connectivity index is 1.71. The van der Waals surface area contributed by atoms with Gasteiger partial charge in [0.1, 0.15) is 11.6 Å². The van der Waals surface area contributed by atoms with Gasteiger partial charge in [-0.3, -0.25) is 9.78 Å². The van der Waals surface area contributed by atoms with Gasteiger partial charge in [0, 0.05) is 18.9 Å². The lowest BCUT2D eigenvalue weighted by Crippen LogP contribution is -2.23. The molecule has 1 amide bonds. The van der Waals surface area contributed by atoms with Gasteiger partial charge in [-0.25, -0.2) is 0 Å². The lowest BCUT2D eigenvalue weighted by molar-refractivity contribution is -0.117. The highest BCUT2D eigenvalue weighted by Gasteiger charge is 2.14. The number of pyridine rings is 1. The van der Waals surface area contributed by atoms with Crippen LogP contribution >= 0.6 is 0 Å². The van der Waals surface area contributed by atoms with Crippen LogP contribution in [0.2, 0.25) is 0 Å². The minimum Gasteiger partial charge on any atom is -0.454 e. The van der Waals surface area contributed by atoms with Gasteiger partial charge in [0.15, 0.2) is 11.5 Å². The SMILES string of the molecule is N#C/C(=C/c1ccc2c(c1)OCO2)C(=O)NCc1cccnc1. The van der Waals surface area contributed by atoms with Crippen molar-refractivity contribution in [3.63, 3.8) is 0 Å². The van der Waals surface area contributed by atoms with Gasteiger partial charge in [-0.05, 0) is 35.4 Å². The maximum Gasteiger partial charge on any atom is 0.262 e. The highest BCUT2D eigenvalue weighted by Crippen LogP contribution is 2.33. The smallest absolute Gasteiger partial charge is 0.262 e. The molecule has 23 heavy (non-hydrogen) atoms. The van der Waals surface area contributed by atoms with Crippen LogP contribution in [0.25, 0.3) is 6.08 Å². The third kappa shape index (κ3) is 3.47. The van der Waals surface area contributed by atoms with E-state index in [-0.39, 0.29) is 12.4 Å². The Morgan fingerprint density at radius 2 is 2.22 bits per heavy atom. The first kappa shape index (κ1) is 14.6. The molecule has 0 saturated heterocycles. The first-order valence-electron chi connectivity index (χ1n) is 6.95. The second kappa shape index (κ2) is 6.62. The summed E-state index contributed by atoms with van der Waals surface area (Å²) in [5.41, 5.74) is 1.58. The third-order valence-corrected chi connectivity index (χ3v) is 3.25. The van der Waals surface area contributed by atoms with E-state index < -0.39 is 5.91 Å². The van der Waals surface area contributed by atoms with Crippen LogP contribution in [0.4, 0.5) is 0 Å². The largest absolute Gasteiger partial charge is 0.454 e. The molecule has 2 heterocycles. The summed E-state index contributed by atoms with van der Waals surface area (Å²) in [6, 6.07) is 10.8. The number of rotatable bonds is 4. The summed E-state index contributed by atoms with van der Waals surface area (Å²) >= 11 is 0. The van der Waals surface area contributed by atoms with Crippen LogP contribution in [0.5, 0.6) is 11.5 Å². The Labute approximate surface area is 133 Å². The Bertz CT molecular complexity index is 794. The van der Waals surface area contributed by atoms with Crippen LogP contribution in [-0.4, -0.2) is 17.7 Å². The van der Waals surface area contributed by atoms with E-state index in [0.717, 1.165) is 5.56 Å². The topological polar surface area (TPSA) is 84.2 Å². The van der Waals surface area contributed by atoms with Crippen LogP contribution < -0.4 is 14.8 Å². The maximum atomic E-state index is 12.1. The van der Waals surface area contributed by atoms with Gasteiger partial charge < -0.3 is 14.8 Å². The van der Waals surface area contributed by atoms with Crippen molar-refractivity contribution in [3.05, 3.63) is 59.4 Å². The highest BCUT2D eigenvalue weighted by molar-refractivity contribution is 6.01. The molecule has 1 N–H and O–H groups in total.